The smallest absolute Gasteiger partial charge is 0.339 e. The molecule has 1 unspecified atom stereocenters. The summed E-state index contributed by atoms with van der Waals surface area (Å²) in [6.45, 7) is -0.0470. The van der Waals surface area contributed by atoms with Gasteiger partial charge in [0.2, 0.25) is 17.6 Å². The maximum atomic E-state index is 13.6. The molecule has 2 amide bonds. The van der Waals surface area contributed by atoms with Crippen LogP contribution in [0.4, 0.5) is 21.5 Å². The van der Waals surface area contributed by atoms with Crippen LogP contribution in [0.1, 0.15) is 16.8 Å². The topological polar surface area (TPSA) is 119 Å². The molecule has 1 atom stereocenters. The van der Waals surface area contributed by atoms with Crippen molar-refractivity contribution in [2.24, 2.45) is 5.92 Å². The molecule has 9 nitrogen and oxygen atoms in total. The second-order valence-corrected chi connectivity index (χ2v) is 7.52. The molecule has 3 aromatic rings. The van der Waals surface area contributed by atoms with Gasteiger partial charge in [-0.1, -0.05) is 24.3 Å². The predicted octanol–water partition coefficient (Wildman–Crippen LogP) is 3.67. The maximum Gasteiger partial charge on any atom is 0.339 e. The lowest BCUT2D eigenvalue weighted by atomic mass is 10.0. The van der Waals surface area contributed by atoms with Crippen molar-refractivity contribution in [1.29, 1.82) is 0 Å². The third-order valence-electron chi connectivity index (χ3n) is 5.48. The van der Waals surface area contributed by atoms with Crippen molar-refractivity contribution in [2.45, 2.75) is 6.42 Å². The Morgan fingerprint density at radius 2 is 1.85 bits per heavy atom. The molecular formula is C23H18FN3O6. The van der Waals surface area contributed by atoms with Crippen LogP contribution in [0, 0.1) is 21.8 Å². The Bertz CT molecular complexity index is 1310. The van der Waals surface area contributed by atoms with Gasteiger partial charge in [0, 0.05) is 19.0 Å². The molecule has 0 bridgehead atoms. The average Bonchev–Trinajstić information content (AvgIpc) is 3.20. The quantitative estimate of drug-likeness (QED) is 0.359. The second-order valence-electron chi connectivity index (χ2n) is 7.52. The van der Waals surface area contributed by atoms with Gasteiger partial charge in [0.05, 0.1) is 34.9 Å². The van der Waals surface area contributed by atoms with E-state index in [1.165, 1.54) is 18.1 Å². The van der Waals surface area contributed by atoms with Gasteiger partial charge in [0.1, 0.15) is 0 Å². The van der Waals surface area contributed by atoms with E-state index in [4.69, 9.17) is 4.74 Å². The number of esters is 1. The molecule has 168 valence electrons. The van der Waals surface area contributed by atoms with Crippen LogP contribution in [-0.4, -0.2) is 36.4 Å². The normalized spacial score (nSPS) is 15.5. The van der Waals surface area contributed by atoms with Crippen molar-refractivity contribution >= 4 is 45.6 Å². The summed E-state index contributed by atoms with van der Waals surface area (Å²) in [4.78, 5) is 49.1. The fourth-order valence-electron chi connectivity index (χ4n) is 3.80. The third-order valence-corrected chi connectivity index (χ3v) is 5.48. The Morgan fingerprint density at radius 3 is 2.52 bits per heavy atom. The number of ether oxygens (including phenoxy) is 1. The lowest BCUT2D eigenvalue weighted by Crippen LogP contribution is -2.28. The lowest BCUT2D eigenvalue weighted by Gasteiger charge is -2.17. The monoisotopic (exact) mass is 451 g/mol. The molecule has 0 aliphatic carbocycles. The van der Waals surface area contributed by atoms with E-state index in [2.05, 4.69) is 5.32 Å². The van der Waals surface area contributed by atoms with E-state index in [1.807, 2.05) is 24.3 Å². The number of amides is 2. The number of nitro benzene ring substituents is 1. The van der Waals surface area contributed by atoms with E-state index in [0.29, 0.717) is 0 Å². The second kappa shape index (κ2) is 8.65. The van der Waals surface area contributed by atoms with Crippen LogP contribution in [0.2, 0.25) is 0 Å². The van der Waals surface area contributed by atoms with Crippen LogP contribution >= 0.6 is 0 Å². The van der Waals surface area contributed by atoms with E-state index in [1.54, 1.807) is 12.1 Å². The zero-order valence-corrected chi connectivity index (χ0v) is 17.4. The Hall–Kier alpha value is -4.34. The first-order valence-electron chi connectivity index (χ1n) is 9.94. The molecule has 33 heavy (non-hydrogen) atoms. The SMILES string of the molecule is COC(=O)c1cc2ccccc2cc1NC(=O)C1CC(=O)N(c2ccc(F)c([N+](=O)[O-])c2)C1. The van der Waals surface area contributed by atoms with Crippen molar-refractivity contribution in [3.05, 3.63) is 76.1 Å². The van der Waals surface area contributed by atoms with E-state index in [9.17, 15) is 28.9 Å². The predicted molar refractivity (Wildman–Crippen MR) is 117 cm³/mol. The first-order chi connectivity index (χ1) is 15.8. The van der Waals surface area contributed by atoms with E-state index < -0.39 is 40.1 Å². The van der Waals surface area contributed by atoms with Gasteiger partial charge in [0.25, 0.3) is 0 Å². The van der Waals surface area contributed by atoms with Crippen molar-refractivity contribution in [3.8, 4) is 0 Å². The minimum Gasteiger partial charge on any atom is -0.465 e. The number of carbonyl (C=O) groups is 3. The molecule has 1 N–H and O–H groups in total. The first-order valence-corrected chi connectivity index (χ1v) is 9.94. The van der Waals surface area contributed by atoms with Crippen LogP contribution in [0.15, 0.2) is 54.6 Å². The number of benzene rings is 3. The molecule has 1 fully saturated rings. The summed E-state index contributed by atoms with van der Waals surface area (Å²) in [5.41, 5.74) is -0.217. The molecule has 3 aromatic carbocycles. The molecule has 4 rings (SSSR count). The number of halogens is 1. The summed E-state index contributed by atoms with van der Waals surface area (Å²) in [7, 11) is 1.23. The highest BCUT2D eigenvalue weighted by atomic mass is 19.1. The highest BCUT2D eigenvalue weighted by Crippen LogP contribution is 2.31. The number of methoxy groups -OCH3 is 1. The number of nitrogens with one attached hydrogen (secondary N) is 1. The number of carbonyl (C=O) groups excluding carboxylic acids is 3. The van der Waals surface area contributed by atoms with E-state index in [0.717, 1.165) is 22.9 Å². The van der Waals surface area contributed by atoms with E-state index >= 15 is 0 Å². The van der Waals surface area contributed by atoms with Gasteiger partial charge >= 0.3 is 11.7 Å². The zero-order valence-electron chi connectivity index (χ0n) is 17.4. The number of fused-ring (bicyclic) bond motifs is 1. The minimum absolute atomic E-state index is 0.0470. The zero-order chi connectivity index (χ0) is 23.7. The molecule has 1 aliphatic heterocycles. The van der Waals surface area contributed by atoms with Gasteiger partial charge in [-0.25, -0.2) is 4.79 Å². The standard InChI is InChI=1S/C23H18FN3O6/c1-33-23(30)17-8-13-4-2-3-5-14(13)9-19(17)25-22(29)15-10-21(28)26(12-15)16-6-7-18(24)20(11-16)27(31)32/h2-9,11,15H,10,12H2,1H3,(H,25,29). The van der Waals surface area contributed by atoms with Crippen LogP contribution in [0.5, 0.6) is 0 Å². The highest BCUT2D eigenvalue weighted by molar-refractivity contribution is 6.08. The number of nitro groups is 1. The summed E-state index contributed by atoms with van der Waals surface area (Å²) >= 11 is 0. The van der Waals surface area contributed by atoms with Crippen LogP contribution in [0.25, 0.3) is 10.8 Å². The highest BCUT2D eigenvalue weighted by Gasteiger charge is 2.36. The van der Waals surface area contributed by atoms with Crippen molar-refractivity contribution in [3.63, 3.8) is 0 Å². The van der Waals surface area contributed by atoms with Crippen molar-refractivity contribution < 1.29 is 28.4 Å². The maximum absolute atomic E-state index is 13.6. The average molecular weight is 451 g/mol. The molecular weight excluding hydrogens is 433 g/mol. The number of hydrogen-bond donors (Lipinski definition) is 1. The molecule has 0 spiro atoms. The molecule has 10 heteroatoms. The van der Waals surface area contributed by atoms with E-state index in [-0.39, 0.29) is 29.9 Å². The largest absolute Gasteiger partial charge is 0.465 e. The van der Waals surface area contributed by atoms with Crippen LogP contribution in [-0.2, 0) is 14.3 Å². The Labute approximate surface area is 186 Å². The number of rotatable bonds is 5. The van der Waals surface area contributed by atoms with Gasteiger partial charge < -0.3 is 15.0 Å². The fourth-order valence-corrected chi connectivity index (χ4v) is 3.80. The molecule has 1 aliphatic rings. The Morgan fingerprint density at radius 1 is 1.15 bits per heavy atom. The summed E-state index contributed by atoms with van der Waals surface area (Å²) in [5.74, 6) is -3.35. The number of nitrogens with zero attached hydrogens (tertiary/aromatic N) is 2. The molecule has 0 aromatic heterocycles. The van der Waals surface area contributed by atoms with Crippen LogP contribution in [0.3, 0.4) is 0 Å². The van der Waals surface area contributed by atoms with Crippen molar-refractivity contribution in [2.75, 3.05) is 23.9 Å². The van der Waals surface area contributed by atoms with Gasteiger partial charge in [-0.3, -0.25) is 19.7 Å². The van der Waals surface area contributed by atoms with Crippen molar-refractivity contribution in [1.82, 2.24) is 0 Å². The lowest BCUT2D eigenvalue weighted by molar-refractivity contribution is -0.387. The van der Waals surface area contributed by atoms with Crippen LogP contribution < -0.4 is 10.2 Å². The first kappa shape index (κ1) is 21.9. The summed E-state index contributed by atoms with van der Waals surface area (Å²) < 4.78 is 18.5. The number of hydrogen-bond acceptors (Lipinski definition) is 6. The van der Waals surface area contributed by atoms with Gasteiger partial charge in [0.15, 0.2) is 0 Å². The third kappa shape index (κ3) is 4.22. The fraction of sp³-hybridized carbons (Fsp3) is 0.174. The Kier molecular flexibility index (Phi) is 5.74. The Balaban J connectivity index is 1.58. The summed E-state index contributed by atoms with van der Waals surface area (Å²) in [6.07, 6.45) is -0.141. The van der Waals surface area contributed by atoms with Gasteiger partial charge in [-0.05, 0) is 35.0 Å². The van der Waals surface area contributed by atoms with Gasteiger partial charge in [-0.2, -0.15) is 4.39 Å². The van der Waals surface area contributed by atoms with Gasteiger partial charge in [-0.15, -0.1) is 0 Å². The minimum atomic E-state index is -1.02. The molecule has 0 radical (unpaired) electrons. The molecule has 1 saturated heterocycles. The molecule has 0 saturated carbocycles. The summed E-state index contributed by atoms with van der Waals surface area (Å²) in [5, 5.41) is 15.3. The number of anilines is 2. The molecule has 1 heterocycles. The summed E-state index contributed by atoms with van der Waals surface area (Å²) in [6, 6.07) is 13.7.